The monoisotopic (exact) mass is 233 g/mol. The number of amides is 1. The Balaban J connectivity index is 3.11. The highest BCUT2D eigenvalue weighted by Gasteiger charge is 2.12. The van der Waals surface area contributed by atoms with Crippen LogP contribution in [0.25, 0.3) is 0 Å². The van der Waals surface area contributed by atoms with Crippen LogP contribution in [0.3, 0.4) is 0 Å². The van der Waals surface area contributed by atoms with Gasteiger partial charge in [0, 0.05) is 12.0 Å². The van der Waals surface area contributed by atoms with Crippen LogP contribution in [-0.4, -0.2) is 17.0 Å². The second-order valence-corrected chi connectivity index (χ2v) is 4.05. The van der Waals surface area contributed by atoms with Crippen LogP contribution in [-0.2, 0) is 11.2 Å². The SMILES string of the molecule is C=C(Cc1cc(C)c(C(=O)O)c(C)c1)C(N)=O. The van der Waals surface area contributed by atoms with Gasteiger partial charge in [-0.2, -0.15) is 0 Å². The zero-order valence-corrected chi connectivity index (χ0v) is 9.91. The molecule has 1 aromatic carbocycles. The second-order valence-electron chi connectivity index (χ2n) is 4.05. The van der Waals surface area contributed by atoms with Crippen molar-refractivity contribution in [1.29, 1.82) is 0 Å². The molecule has 4 nitrogen and oxygen atoms in total. The van der Waals surface area contributed by atoms with E-state index in [1.807, 2.05) is 0 Å². The Morgan fingerprint density at radius 2 is 1.76 bits per heavy atom. The molecule has 0 spiro atoms. The molecule has 0 heterocycles. The maximum Gasteiger partial charge on any atom is 0.336 e. The number of primary amides is 1. The van der Waals surface area contributed by atoms with Crippen molar-refractivity contribution in [1.82, 2.24) is 0 Å². The van der Waals surface area contributed by atoms with E-state index in [1.165, 1.54) is 0 Å². The van der Waals surface area contributed by atoms with Gasteiger partial charge in [0.05, 0.1) is 5.56 Å². The number of rotatable bonds is 4. The first-order valence-corrected chi connectivity index (χ1v) is 5.14. The highest BCUT2D eigenvalue weighted by molar-refractivity contribution is 5.92. The van der Waals surface area contributed by atoms with E-state index in [-0.39, 0.29) is 0 Å². The molecular weight excluding hydrogens is 218 g/mol. The Labute approximate surface area is 99.8 Å². The van der Waals surface area contributed by atoms with E-state index in [0.717, 1.165) is 5.56 Å². The van der Waals surface area contributed by atoms with E-state index in [9.17, 15) is 9.59 Å². The lowest BCUT2D eigenvalue weighted by molar-refractivity contribution is -0.114. The average Bonchev–Trinajstić information content (AvgIpc) is 2.15. The van der Waals surface area contributed by atoms with Gasteiger partial charge in [-0.15, -0.1) is 0 Å². The van der Waals surface area contributed by atoms with Crippen LogP contribution in [0.4, 0.5) is 0 Å². The number of carboxylic acids is 1. The summed E-state index contributed by atoms with van der Waals surface area (Å²) in [4.78, 5) is 21.9. The number of carbonyl (C=O) groups excluding carboxylic acids is 1. The molecule has 0 fully saturated rings. The Hall–Kier alpha value is -2.10. The molecule has 17 heavy (non-hydrogen) atoms. The maximum atomic E-state index is 11.0. The summed E-state index contributed by atoms with van der Waals surface area (Å²) >= 11 is 0. The van der Waals surface area contributed by atoms with Crippen molar-refractivity contribution < 1.29 is 14.7 Å². The third-order valence-corrected chi connectivity index (χ3v) is 2.57. The topological polar surface area (TPSA) is 80.4 Å². The fraction of sp³-hybridized carbons (Fsp3) is 0.231. The van der Waals surface area contributed by atoms with E-state index in [1.54, 1.807) is 26.0 Å². The Morgan fingerprint density at radius 1 is 1.29 bits per heavy atom. The molecule has 0 unspecified atom stereocenters. The fourth-order valence-electron chi connectivity index (χ4n) is 1.83. The molecule has 0 aliphatic carbocycles. The quantitative estimate of drug-likeness (QED) is 0.775. The van der Waals surface area contributed by atoms with Crippen molar-refractivity contribution in [3.8, 4) is 0 Å². The molecule has 0 saturated carbocycles. The molecule has 0 atom stereocenters. The predicted octanol–water partition coefficient (Wildman–Crippen LogP) is 1.59. The van der Waals surface area contributed by atoms with E-state index >= 15 is 0 Å². The highest BCUT2D eigenvalue weighted by atomic mass is 16.4. The average molecular weight is 233 g/mol. The van der Waals surface area contributed by atoms with Crippen LogP contribution in [0.2, 0.25) is 0 Å². The summed E-state index contributed by atoms with van der Waals surface area (Å²) in [7, 11) is 0. The lowest BCUT2D eigenvalue weighted by Crippen LogP contribution is -2.15. The maximum absolute atomic E-state index is 11.0. The summed E-state index contributed by atoms with van der Waals surface area (Å²) in [5.74, 6) is -1.48. The first-order chi connectivity index (χ1) is 7.82. The number of nitrogens with two attached hydrogens (primary N) is 1. The number of aryl methyl sites for hydroxylation is 2. The molecule has 0 aliphatic heterocycles. The van der Waals surface area contributed by atoms with Gasteiger partial charge in [-0.25, -0.2) is 4.79 Å². The lowest BCUT2D eigenvalue weighted by atomic mass is 9.96. The minimum atomic E-state index is -0.944. The lowest BCUT2D eigenvalue weighted by Gasteiger charge is -2.09. The minimum absolute atomic E-state index is 0.304. The third-order valence-electron chi connectivity index (χ3n) is 2.57. The molecule has 90 valence electrons. The van der Waals surface area contributed by atoms with Gasteiger partial charge in [-0.05, 0) is 30.5 Å². The molecule has 1 amide bonds. The molecular formula is C13H15NO3. The van der Waals surface area contributed by atoms with E-state index in [0.29, 0.717) is 28.7 Å². The van der Waals surface area contributed by atoms with Crippen molar-refractivity contribution in [2.75, 3.05) is 0 Å². The number of benzene rings is 1. The molecule has 0 saturated heterocycles. The van der Waals surface area contributed by atoms with Crippen LogP contribution in [0.1, 0.15) is 27.0 Å². The van der Waals surface area contributed by atoms with Gasteiger partial charge < -0.3 is 10.8 Å². The Bertz CT molecular complexity index is 480. The van der Waals surface area contributed by atoms with Crippen LogP contribution < -0.4 is 5.73 Å². The molecule has 0 bridgehead atoms. The van der Waals surface area contributed by atoms with Gasteiger partial charge in [-0.1, -0.05) is 18.7 Å². The summed E-state index contributed by atoms with van der Waals surface area (Å²) in [5, 5.41) is 9.02. The smallest absolute Gasteiger partial charge is 0.336 e. The molecule has 0 aliphatic rings. The van der Waals surface area contributed by atoms with E-state index < -0.39 is 11.9 Å². The molecule has 1 aromatic rings. The summed E-state index contributed by atoms with van der Waals surface area (Å²) in [6, 6.07) is 3.48. The van der Waals surface area contributed by atoms with Crippen LogP contribution in [0.15, 0.2) is 24.3 Å². The minimum Gasteiger partial charge on any atom is -0.478 e. The summed E-state index contributed by atoms with van der Waals surface area (Å²) < 4.78 is 0. The number of aromatic carboxylic acids is 1. The predicted molar refractivity (Wildman–Crippen MR) is 64.9 cm³/mol. The van der Waals surface area contributed by atoms with Crippen LogP contribution in [0.5, 0.6) is 0 Å². The number of hydrogen-bond acceptors (Lipinski definition) is 2. The normalized spacial score (nSPS) is 10.0. The van der Waals surface area contributed by atoms with Crippen LogP contribution in [0, 0.1) is 13.8 Å². The molecule has 0 radical (unpaired) electrons. The second kappa shape index (κ2) is 4.82. The highest BCUT2D eigenvalue weighted by Crippen LogP contribution is 2.18. The van der Waals surface area contributed by atoms with Crippen molar-refractivity contribution in [2.24, 2.45) is 5.73 Å². The van der Waals surface area contributed by atoms with Crippen molar-refractivity contribution in [3.63, 3.8) is 0 Å². The third kappa shape index (κ3) is 2.93. The largest absolute Gasteiger partial charge is 0.478 e. The van der Waals surface area contributed by atoms with Crippen molar-refractivity contribution in [2.45, 2.75) is 20.3 Å². The first kappa shape index (κ1) is 13.0. The number of hydrogen-bond donors (Lipinski definition) is 2. The van der Waals surface area contributed by atoms with Crippen molar-refractivity contribution >= 4 is 11.9 Å². The van der Waals surface area contributed by atoms with Gasteiger partial charge in [-0.3, -0.25) is 4.79 Å². The summed E-state index contributed by atoms with van der Waals surface area (Å²) in [5.41, 5.74) is 7.91. The first-order valence-electron chi connectivity index (χ1n) is 5.14. The van der Waals surface area contributed by atoms with Gasteiger partial charge in [0.2, 0.25) is 5.91 Å². The zero-order valence-electron chi connectivity index (χ0n) is 9.91. The Kier molecular flexibility index (Phi) is 3.68. The van der Waals surface area contributed by atoms with Crippen LogP contribution >= 0.6 is 0 Å². The zero-order chi connectivity index (χ0) is 13.2. The summed E-state index contributed by atoms with van der Waals surface area (Å²) in [6.07, 6.45) is 0.344. The van der Waals surface area contributed by atoms with Gasteiger partial charge in [0.15, 0.2) is 0 Å². The molecule has 0 aromatic heterocycles. The number of carbonyl (C=O) groups is 2. The van der Waals surface area contributed by atoms with E-state index in [4.69, 9.17) is 10.8 Å². The fourth-order valence-corrected chi connectivity index (χ4v) is 1.83. The van der Waals surface area contributed by atoms with E-state index in [2.05, 4.69) is 6.58 Å². The van der Waals surface area contributed by atoms with Gasteiger partial charge >= 0.3 is 5.97 Å². The Morgan fingerprint density at radius 3 is 2.12 bits per heavy atom. The summed E-state index contributed by atoms with van der Waals surface area (Å²) in [6.45, 7) is 7.03. The molecule has 4 heteroatoms. The van der Waals surface area contributed by atoms with Gasteiger partial charge in [0.1, 0.15) is 0 Å². The van der Waals surface area contributed by atoms with Crippen molar-refractivity contribution in [3.05, 3.63) is 46.5 Å². The standard InChI is InChI=1S/C13H15NO3/c1-7-4-10(6-9(3)12(14)15)5-8(2)11(7)13(16)17/h4-5H,3,6H2,1-2H3,(H2,14,15)(H,16,17). The van der Waals surface area contributed by atoms with Gasteiger partial charge in [0.25, 0.3) is 0 Å². The number of carboxylic acid groups (broad SMARTS) is 1. The molecule has 3 N–H and O–H groups in total. The molecule has 1 rings (SSSR count).